The first-order valence-electron chi connectivity index (χ1n) is 7.60. The Morgan fingerprint density at radius 1 is 0.700 bits per heavy atom. The minimum atomic E-state index is -0.469. The highest BCUT2D eigenvalue weighted by atomic mass is 17.2. The molecule has 0 aliphatic carbocycles. The van der Waals surface area contributed by atoms with Crippen LogP contribution in [0.4, 0.5) is 0 Å². The molecule has 20 heavy (non-hydrogen) atoms. The molecule has 0 aromatic heterocycles. The van der Waals surface area contributed by atoms with Gasteiger partial charge in [-0.3, -0.25) is 0 Å². The number of carbonyl (C=O) groups is 2. The maximum absolute atomic E-state index is 11.5. The van der Waals surface area contributed by atoms with Gasteiger partial charge in [0.2, 0.25) is 0 Å². The molecule has 4 nitrogen and oxygen atoms in total. The summed E-state index contributed by atoms with van der Waals surface area (Å²) in [5, 5.41) is 0. The molecule has 0 saturated carbocycles. The van der Waals surface area contributed by atoms with Crippen LogP contribution in [-0.4, -0.2) is 11.9 Å². The van der Waals surface area contributed by atoms with Crippen molar-refractivity contribution in [2.24, 2.45) is 23.7 Å². The maximum Gasteiger partial charge on any atom is 0.355 e. The SMILES string of the molecule is CC(C)CC(C)CC(=O)OOC(=O)CC(C)CC(C)C. The van der Waals surface area contributed by atoms with Gasteiger partial charge in [0.15, 0.2) is 0 Å². The molecule has 0 fully saturated rings. The van der Waals surface area contributed by atoms with Crippen LogP contribution in [0.15, 0.2) is 0 Å². The topological polar surface area (TPSA) is 52.6 Å². The fourth-order valence-electron chi connectivity index (χ4n) is 2.51. The molecule has 2 atom stereocenters. The van der Waals surface area contributed by atoms with Crippen LogP contribution in [0.25, 0.3) is 0 Å². The molecule has 0 bridgehead atoms. The van der Waals surface area contributed by atoms with Crippen LogP contribution in [0.1, 0.15) is 67.2 Å². The predicted octanol–water partition coefficient (Wildman–Crippen LogP) is 4.13. The molecule has 118 valence electrons. The summed E-state index contributed by atoms with van der Waals surface area (Å²) < 4.78 is 0. The van der Waals surface area contributed by atoms with E-state index in [0.717, 1.165) is 12.8 Å². The molecule has 0 spiro atoms. The third-order valence-corrected chi connectivity index (χ3v) is 3.01. The Bertz CT molecular complexity index is 267. The Morgan fingerprint density at radius 3 is 1.25 bits per heavy atom. The van der Waals surface area contributed by atoms with Crippen molar-refractivity contribution in [2.45, 2.75) is 67.2 Å². The van der Waals surface area contributed by atoms with Gasteiger partial charge in [-0.25, -0.2) is 19.4 Å². The van der Waals surface area contributed by atoms with Crippen LogP contribution in [0.3, 0.4) is 0 Å². The third-order valence-electron chi connectivity index (χ3n) is 3.01. The first-order valence-corrected chi connectivity index (χ1v) is 7.60. The standard InChI is InChI=1S/C16H30O4/c1-11(2)7-13(5)9-15(17)19-20-16(18)10-14(6)8-12(3)4/h11-14H,7-10H2,1-6H3. The average molecular weight is 286 g/mol. The molecule has 0 N–H and O–H groups in total. The molecular weight excluding hydrogens is 256 g/mol. The van der Waals surface area contributed by atoms with Crippen molar-refractivity contribution >= 4 is 11.9 Å². The van der Waals surface area contributed by atoms with Crippen LogP contribution in [-0.2, 0) is 19.4 Å². The zero-order valence-corrected chi connectivity index (χ0v) is 13.8. The lowest BCUT2D eigenvalue weighted by Gasteiger charge is -2.13. The smallest absolute Gasteiger partial charge is 0.247 e. The summed E-state index contributed by atoms with van der Waals surface area (Å²) in [4.78, 5) is 32.2. The molecule has 4 heteroatoms. The van der Waals surface area contributed by atoms with Crippen LogP contribution in [0.2, 0.25) is 0 Å². The van der Waals surface area contributed by atoms with Crippen molar-refractivity contribution in [1.82, 2.24) is 0 Å². The van der Waals surface area contributed by atoms with Gasteiger partial charge in [-0.1, -0.05) is 41.5 Å². The normalized spacial score (nSPS) is 14.2. The fourth-order valence-corrected chi connectivity index (χ4v) is 2.51. The second-order valence-electron chi connectivity index (χ2n) is 6.79. The number of hydrogen-bond donors (Lipinski definition) is 0. The van der Waals surface area contributed by atoms with Gasteiger partial charge in [0.1, 0.15) is 0 Å². The number of hydrogen-bond acceptors (Lipinski definition) is 4. The lowest BCUT2D eigenvalue weighted by atomic mass is 9.96. The van der Waals surface area contributed by atoms with Gasteiger partial charge in [0.25, 0.3) is 0 Å². The quantitative estimate of drug-likeness (QED) is 0.497. The van der Waals surface area contributed by atoms with Crippen molar-refractivity contribution in [2.75, 3.05) is 0 Å². The zero-order chi connectivity index (χ0) is 15.7. The maximum atomic E-state index is 11.5. The Labute approximate surface area is 123 Å². The summed E-state index contributed by atoms with van der Waals surface area (Å²) in [7, 11) is 0. The van der Waals surface area contributed by atoms with E-state index < -0.39 is 11.9 Å². The van der Waals surface area contributed by atoms with Gasteiger partial charge < -0.3 is 0 Å². The zero-order valence-electron chi connectivity index (χ0n) is 13.8. The Kier molecular flexibility index (Phi) is 9.26. The van der Waals surface area contributed by atoms with E-state index in [4.69, 9.17) is 0 Å². The van der Waals surface area contributed by atoms with Crippen LogP contribution >= 0.6 is 0 Å². The van der Waals surface area contributed by atoms with Gasteiger partial charge in [0.05, 0.1) is 12.8 Å². The molecule has 0 aliphatic rings. The minimum absolute atomic E-state index is 0.237. The first kappa shape index (κ1) is 18.9. The monoisotopic (exact) mass is 286 g/mol. The Balaban J connectivity index is 3.86. The summed E-state index contributed by atoms with van der Waals surface area (Å²) in [5.41, 5.74) is 0. The molecule has 0 radical (unpaired) electrons. The second kappa shape index (κ2) is 9.78. The molecule has 2 unspecified atom stereocenters. The van der Waals surface area contributed by atoms with E-state index in [1.807, 2.05) is 13.8 Å². The van der Waals surface area contributed by atoms with E-state index in [0.29, 0.717) is 11.8 Å². The molecule has 0 amide bonds. The van der Waals surface area contributed by atoms with Crippen molar-refractivity contribution in [3.8, 4) is 0 Å². The van der Waals surface area contributed by atoms with Gasteiger partial charge >= 0.3 is 11.9 Å². The van der Waals surface area contributed by atoms with E-state index in [2.05, 4.69) is 37.5 Å². The van der Waals surface area contributed by atoms with Crippen LogP contribution in [0, 0.1) is 23.7 Å². The number of carbonyl (C=O) groups excluding carboxylic acids is 2. The highest BCUT2D eigenvalue weighted by Crippen LogP contribution is 2.16. The Morgan fingerprint density at radius 2 is 1.00 bits per heavy atom. The van der Waals surface area contributed by atoms with Crippen molar-refractivity contribution in [3.63, 3.8) is 0 Å². The molecule has 0 heterocycles. The summed E-state index contributed by atoms with van der Waals surface area (Å²) >= 11 is 0. The predicted molar refractivity (Wildman–Crippen MR) is 78.7 cm³/mol. The molecule has 0 aliphatic heterocycles. The highest BCUT2D eigenvalue weighted by Gasteiger charge is 2.17. The van der Waals surface area contributed by atoms with Gasteiger partial charge in [-0.15, -0.1) is 0 Å². The van der Waals surface area contributed by atoms with Crippen molar-refractivity contribution < 1.29 is 19.4 Å². The van der Waals surface area contributed by atoms with Crippen molar-refractivity contribution in [3.05, 3.63) is 0 Å². The first-order chi connectivity index (χ1) is 9.20. The summed E-state index contributed by atoms with van der Waals surface area (Å²) in [6.45, 7) is 12.4. The minimum Gasteiger partial charge on any atom is -0.247 e. The fraction of sp³-hybridized carbons (Fsp3) is 0.875. The van der Waals surface area contributed by atoms with Gasteiger partial charge in [0, 0.05) is 0 Å². The largest absolute Gasteiger partial charge is 0.355 e. The molecule has 0 aromatic carbocycles. The van der Waals surface area contributed by atoms with E-state index in [1.165, 1.54) is 0 Å². The van der Waals surface area contributed by atoms with Gasteiger partial charge in [-0.05, 0) is 36.5 Å². The summed E-state index contributed by atoms with van der Waals surface area (Å²) in [5.74, 6) is 0.614. The molecule has 0 saturated heterocycles. The van der Waals surface area contributed by atoms with Crippen LogP contribution < -0.4 is 0 Å². The third kappa shape index (κ3) is 10.8. The molecule has 0 rings (SSSR count). The summed E-state index contributed by atoms with van der Waals surface area (Å²) in [6.07, 6.45) is 2.48. The number of rotatable bonds is 8. The van der Waals surface area contributed by atoms with E-state index in [9.17, 15) is 9.59 Å². The van der Waals surface area contributed by atoms with E-state index >= 15 is 0 Å². The van der Waals surface area contributed by atoms with Crippen molar-refractivity contribution in [1.29, 1.82) is 0 Å². The molecular formula is C16H30O4. The van der Waals surface area contributed by atoms with Gasteiger partial charge in [-0.2, -0.15) is 0 Å². The lowest BCUT2D eigenvalue weighted by molar-refractivity contribution is -0.260. The lowest BCUT2D eigenvalue weighted by Crippen LogP contribution is -2.16. The molecule has 0 aromatic rings. The van der Waals surface area contributed by atoms with E-state index in [1.54, 1.807) is 0 Å². The summed E-state index contributed by atoms with van der Waals surface area (Å²) in [6, 6.07) is 0. The highest BCUT2D eigenvalue weighted by molar-refractivity contribution is 5.73. The van der Waals surface area contributed by atoms with E-state index in [-0.39, 0.29) is 24.7 Å². The second-order valence-corrected chi connectivity index (χ2v) is 6.79. The average Bonchev–Trinajstić information content (AvgIpc) is 2.23. The van der Waals surface area contributed by atoms with Crippen LogP contribution in [0.5, 0.6) is 0 Å². The Hall–Kier alpha value is -1.06.